The average Bonchev–Trinajstić information content (AvgIpc) is 3.21. The fourth-order valence-corrected chi connectivity index (χ4v) is 6.03. The molecule has 2 N–H and O–H groups in total. The monoisotopic (exact) mass is 545 g/mol. The Hall–Kier alpha value is -2.17. The van der Waals surface area contributed by atoms with Gasteiger partial charge in [-0.25, -0.2) is 14.8 Å². The molecule has 212 valence electrons. The Morgan fingerprint density at radius 2 is 1.76 bits per heavy atom. The standard InChI is InChI=1S/C28H47N5O4Si/c1-28(2,3)37-27(34)32-22-9-7-21(8-10-22)31-25-24-23(20-11-13-35-14-12-20)17-33(26(24)30-18-29-25)19-36-15-16-38(4,5)6/h17-18,20-22H,7-16,19H2,1-6H3,(H,32,34)(H,29,30,31). The van der Waals surface area contributed by atoms with Crippen LogP contribution in [0.25, 0.3) is 11.0 Å². The van der Waals surface area contributed by atoms with E-state index in [0.717, 1.165) is 81.2 Å². The molecule has 2 aromatic rings. The number of hydrogen-bond donors (Lipinski definition) is 2. The van der Waals surface area contributed by atoms with Crippen molar-refractivity contribution in [2.45, 2.75) is 115 Å². The molecule has 0 unspecified atom stereocenters. The summed E-state index contributed by atoms with van der Waals surface area (Å²) in [5, 5.41) is 7.89. The first-order valence-electron chi connectivity index (χ1n) is 14.2. The predicted molar refractivity (Wildman–Crippen MR) is 153 cm³/mol. The van der Waals surface area contributed by atoms with E-state index in [2.05, 4.69) is 41.0 Å². The number of amides is 1. The molecule has 38 heavy (non-hydrogen) atoms. The summed E-state index contributed by atoms with van der Waals surface area (Å²) in [4.78, 5) is 21.6. The largest absolute Gasteiger partial charge is 0.444 e. The van der Waals surface area contributed by atoms with Crippen molar-refractivity contribution >= 4 is 31.0 Å². The highest BCUT2D eigenvalue weighted by Gasteiger charge is 2.28. The average molecular weight is 546 g/mol. The smallest absolute Gasteiger partial charge is 0.407 e. The van der Waals surface area contributed by atoms with Crippen LogP contribution in [0.2, 0.25) is 25.7 Å². The minimum absolute atomic E-state index is 0.139. The maximum Gasteiger partial charge on any atom is 0.407 e. The first-order valence-corrected chi connectivity index (χ1v) is 17.9. The number of ether oxygens (including phenoxy) is 3. The lowest BCUT2D eigenvalue weighted by Gasteiger charge is -2.31. The number of hydrogen-bond acceptors (Lipinski definition) is 7. The molecule has 1 saturated heterocycles. The van der Waals surface area contributed by atoms with E-state index >= 15 is 0 Å². The number of nitrogens with zero attached hydrogens (tertiary/aromatic N) is 3. The Morgan fingerprint density at radius 1 is 1.08 bits per heavy atom. The van der Waals surface area contributed by atoms with Crippen LogP contribution in [0.5, 0.6) is 0 Å². The topological polar surface area (TPSA) is 99.5 Å². The van der Waals surface area contributed by atoms with Crippen LogP contribution in [-0.4, -0.2) is 66.2 Å². The molecule has 1 amide bonds. The van der Waals surface area contributed by atoms with E-state index in [1.165, 1.54) is 5.56 Å². The van der Waals surface area contributed by atoms with Gasteiger partial charge in [-0.15, -0.1) is 0 Å². The van der Waals surface area contributed by atoms with Crippen molar-refractivity contribution in [3.63, 3.8) is 0 Å². The quantitative estimate of drug-likeness (QED) is 0.300. The lowest BCUT2D eigenvalue weighted by molar-refractivity contribution is 0.0492. The summed E-state index contributed by atoms with van der Waals surface area (Å²) < 4.78 is 19.4. The summed E-state index contributed by atoms with van der Waals surface area (Å²) in [5.74, 6) is 1.33. The van der Waals surface area contributed by atoms with Crippen molar-refractivity contribution in [1.29, 1.82) is 0 Å². The molecular weight excluding hydrogens is 498 g/mol. The van der Waals surface area contributed by atoms with E-state index in [1.54, 1.807) is 6.33 Å². The lowest BCUT2D eigenvalue weighted by Crippen LogP contribution is -2.42. The van der Waals surface area contributed by atoms with Crippen LogP contribution in [-0.2, 0) is 20.9 Å². The third-order valence-corrected chi connectivity index (χ3v) is 9.06. The summed E-state index contributed by atoms with van der Waals surface area (Å²) in [6, 6.07) is 1.58. The van der Waals surface area contributed by atoms with Gasteiger partial charge in [0.15, 0.2) is 0 Å². The molecule has 1 saturated carbocycles. The Kier molecular flexibility index (Phi) is 9.36. The molecule has 1 aliphatic heterocycles. The van der Waals surface area contributed by atoms with Crippen LogP contribution >= 0.6 is 0 Å². The van der Waals surface area contributed by atoms with Crippen molar-refractivity contribution in [3.8, 4) is 0 Å². The Bertz CT molecular complexity index is 1060. The zero-order valence-corrected chi connectivity index (χ0v) is 25.1. The SMILES string of the molecule is CC(C)(C)OC(=O)NC1CCC(Nc2ncnc3c2c(C2CCOCC2)cn3COCC[Si](C)(C)C)CC1. The summed E-state index contributed by atoms with van der Waals surface area (Å²) in [6.07, 6.45) is 9.30. The molecule has 2 aromatic heterocycles. The summed E-state index contributed by atoms with van der Waals surface area (Å²) >= 11 is 0. The summed E-state index contributed by atoms with van der Waals surface area (Å²) in [6.45, 7) is 15.6. The zero-order valence-electron chi connectivity index (χ0n) is 24.1. The Balaban J connectivity index is 1.46. The molecule has 2 aliphatic rings. The molecule has 0 radical (unpaired) electrons. The first kappa shape index (κ1) is 28.8. The lowest BCUT2D eigenvalue weighted by atomic mass is 9.90. The van der Waals surface area contributed by atoms with Crippen molar-refractivity contribution in [1.82, 2.24) is 19.9 Å². The van der Waals surface area contributed by atoms with E-state index in [9.17, 15) is 4.79 Å². The summed E-state index contributed by atoms with van der Waals surface area (Å²) in [7, 11) is -1.14. The molecule has 0 bridgehead atoms. The molecule has 10 heteroatoms. The van der Waals surface area contributed by atoms with Gasteiger partial charge in [0.1, 0.15) is 30.1 Å². The highest BCUT2D eigenvalue weighted by atomic mass is 28.3. The van der Waals surface area contributed by atoms with E-state index in [4.69, 9.17) is 24.2 Å². The first-order chi connectivity index (χ1) is 18.0. The number of aromatic nitrogens is 3. The van der Waals surface area contributed by atoms with Gasteiger partial charge in [-0.3, -0.25) is 0 Å². The molecule has 0 spiro atoms. The molecule has 9 nitrogen and oxygen atoms in total. The van der Waals surface area contributed by atoms with Crippen molar-refractivity contribution in [2.24, 2.45) is 0 Å². The number of nitrogens with one attached hydrogen (secondary N) is 2. The van der Waals surface area contributed by atoms with Gasteiger partial charge >= 0.3 is 6.09 Å². The van der Waals surface area contributed by atoms with Crippen molar-refractivity contribution < 1.29 is 19.0 Å². The maximum absolute atomic E-state index is 12.2. The van der Waals surface area contributed by atoms with Gasteiger partial charge in [0, 0.05) is 46.2 Å². The van der Waals surface area contributed by atoms with Crippen LogP contribution < -0.4 is 10.6 Å². The highest BCUT2D eigenvalue weighted by molar-refractivity contribution is 6.76. The van der Waals surface area contributed by atoms with E-state index in [-0.39, 0.29) is 12.1 Å². The molecule has 2 fully saturated rings. The fourth-order valence-electron chi connectivity index (χ4n) is 5.27. The van der Waals surface area contributed by atoms with Gasteiger partial charge in [-0.05, 0) is 76.8 Å². The van der Waals surface area contributed by atoms with E-state index in [1.807, 2.05) is 20.8 Å². The van der Waals surface area contributed by atoms with Crippen molar-refractivity contribution in [3.05, 3.63) is 18.1 Å². The third-order valence-electron chi connectivity index (χ3n) is 7.36. The number of carbonyl (C=O) groups is 1. The Morgan fingerprint density at radius 3 is 2.42 bits per heavy atom. The molecule has 3 heterocycles. The van der Waals surface area contributed by atoms with Gasteiger partial charge in [0.2, 0.25) is 0 Å². The van der Waals surface area contributed by atoms with Crippen LogP contribution in [0.1, 0.15) is 70.8 Å². The second kappa shape index (κ2) is 12.3. The summed E-state index contributed by atoms with van der Waals surface area (Å²) in [5.41, 5.74) is 1.73. The zero-order chi connectivity index (χ0) is 27.3. The number of alkyl carbamates (subject to hydrolysis) is 1. The van der Waals surface area contributed by atoms with Gasteiger partial charge in [0.05, 0.1) is 5.39 Å². The third kappa shape index (κ3) is 8.16. The minimum Gasteiger partial charge on any atom is -0.444 e. The second-order valence-corrected chi connectivity index (χ2v) is 18.7. The highest BCUT2D eigenvalue weighted by Crippen LogP contribution is 2.37. The minimum atomic E-state index is -1.14. The number of carbonyl (C=O) groups excluding carboxylic acids is 1. The van der Waals surface area contributed by atoms with Crippen molar-refractivity contribution in [2.75, 3.05) is 25.1 Å². The normalized spacial score (nSPS) is 21.4. The Labute approximate surface area is 228 Å². The molecule has 0 aromatic carbocycles. The van der Waals surface area contributed by atoms with Gasteiger partial charge < -0.3 is 29.4 Å². The van der Waals surface area contributed by atoms with E-state index in [0.29, 0.717) is 18.7 Å². The number of anilines is 1. The maximum atomic E-state index is 12.2. The molecule has 1 aliphatic carbocycles. The van der Waals surface area contributed by atoms with Crippen LogP contribution in [0.3, 0.4) is 0 Å². The van der Waals surface area contributed by atoms with Crippen LogP contribution in [0.15, 0.2) is 12.5 Å². The number of rotatable bonds is 9. The van der Waals surface area contributed by atoms with Gasteiger partial charge in [-0.1, -0.05) is 19.6 Å². The van der Waals surface area contributed by atoms with Crippen LogP contribution in [0, 0.1) is 0 Å². The molecule has 4 rings (SSSR count). The number of fused-ring (bicyclic) bond motifs is 1. The molecule has 0 atom stereocenters. The van der Waals surface area contributed by atoms with Gasteiger partial charge in [-0.2, -0.15) is 0 Å². The van der Waals surface area contributed by atoms with E-state index < -0.39 is 13.7 Å². The molecular formula is C28H47N5O4Si. The van der Waals surface area contributed by atoms with Gasteiger partial charge in [0.25, 0.3) is 0 Å². The van der Waals surface area contributed by atoms with Crippen LogP contribution in [0.4, 0.5) is 10.6 Å². The predicted octanol–water partition coefficient (Wildman–Crippen LogP) is 5.89. The fraction of sp³-hybridized carbons (Fsp3) is 0.750. The second-order valence-electron chi connectivity index (χ2n) is 13.0.